The zero-order valence-electron chi connectivity index (χ0n) is 17.9. The van der Waals surface area contributed by atoms with Crippen LogP contribution in [0.4, 0.5) is 0 Å². The Labute approximate surface area is 196 Å². The van der Waals surface area contributed by atoms with E-state index in [-0.39, 0.29) is 18.7 Å². The Hall–Kier alpha value is -2.09. The van der Waals surface area contributed by atoms with Crippen LogP contribution in [0, 0.1) is 11.3 Å². The molecule has 0 spiro atoms. The third kappa shape index (κ3) is 6.71. The van der Waals surface area contributed by atoms with Crippen LogP contribution < -0.4 is 8.92 Å². The van der Waals surface area contributed by atoms with Gasteiger partial charge in [0, 0.05) is 12.4 Å². The summed E-state index contributed by atoms with van der Waals surface area (Å²) in [6.45, 7) is 0. The first-order valence-electron chi connectivity index (χ1n) is 10.2. The van der Waals surface area contributed by atoms with E-state index in [0.717, 1.165) is 0 Å². The fourth-order valence-electron chi connectivity index (χ4n) is 3.50. The van der Waals surface area contributed by atoms with Crippen LogP contribution in [0.25, 0.3) is 0 Å². The van der Waals surface area contributed by atoms with E-state index in [9.17, 15) is 30.0 Å². The minimum Gasteiger partial charge on any atom is -0.462 e. The summed E-state index contributed by atoms with van der Waals surface area (Å²) in [6, 6.07) is 15.1. The third-order valence-electron chi connectivity index (χ3n) is 5.24. The minimum atomic E-state index is -3.72. The van der Waals surface area contributed by atoms with Crippen molar-refractivity contribution in [3.8, 4) is 17.6 Å². The van der Waals surface area contributed by atoms with Gasteiger partial charge in [0.2, 0.25) is 13.7 Å². The van der Waals surface area contributed by atoms with Gasteiger partial charge in [0.05, 0.1) is 35.9 Å². The molecule has 9 nitrogen and oxygen atoms in total. The highest BCUT2D eigenvalue weighted by Crippen LogP contribution is 2.46. The van der Waals surface area contributed by atoms with E-state index in [0.29, 0.717) is 22.6 Å². The molecule has 0 saturated carbocycles. The van der Waals surface area contributed by atoms with Crippen molar-refractivity contribution in [2.45, 2.75) is 43.3 Å². The molecule has 11 heteroatoms. The summed E-state index contributed by atoms with van der Waals surface area (Å²) in [5.41, 5.74) is 0.781. The quantitative estimate of drug-likeness (QED) is 0.301. The Morgan fingerprint density at radius 1 is 1.06 bits per heavy atom. The maximum atomic E-state index is 12.8. The minimum absolute atomic E-state index is 0.0617. The van der Waals surface area contributed by atoms with Crippen LogP contribution in [0.3, 0.4) is 0 Å². The van der Waals surface area contributed by atoms with E-state index in [1.807, 2.05) is 6.07 Å². The van der Waals surface area contributed by atoms with Crippen LogP contribution >= 0.6 is 19.4 Å². The summed E-state index contributed by atoms with van der Waals surface area (Å²) >= 11 is 1.18. The second-order valence-corrected chi connectivity index (χ2v) is 10.6. The van der Waals surface area contributed by atoms with Crippen LogP contribution in [-0.2, 0) is 15.5 Å². The molecular weight excluding hydrogens is 469 g/mol. The summed E-state index contributed by atoms with van der Waals surface area (Å²) in [6.07, 6.45) is -5.60. The SMILES string of the molecule is CSOc1ccc(OC2O[C@H](CCP(=O)(O)Cc3ccccc3C#N)[C@@H](O)[C@H](O)[C@@H]2O)cc1. The molecule has 0 amide bonds. The van der Waals surface area contributed by atoms with Gasteiger partial charge in [-0.05, 0) is 42.3 Å². The Kier molecular flexibility index (Phi) is 8.79. The number of hydrogen-bond acceptors (Lipinski definition) is 9. The molecule has 0 aliphatic carbocycles. The molecule has 1 aliphatic rings. The molecule has 2 aromatic carbocycles. The number of hydrogen-bond donors (Lipinski definition) is 4. The molecule has 0 bridgehead atoms. The van der Waals surface area contributed by atoms with Gasteiger partial charge in [-0.1, -0.05) is 18.2 Å². The van der Waals surface area contributed by atoms with Crippen molar-refractivity contribution in [2.75, 3.05) is 12.4 Å². The molecule has 1 aliphatic heterocycles. The standard InChI is InChI=1S/C22H26NO8PS/c1-33-31-17-8-6-16(7-9-17)29-22-21(26)20(25)19(24)18(30-22)10-11-32(27,28)13-15-5-3-2-4-14(15)12-23/h2-9,18-22,24-26H,10-11,13H2,1H3,(H,27,28)/t18-,19-,20+,21+,22?/m1/s1. The lowest BCUT2D eigenvalue weighted by Gasteiger charge is -2.40. The van der Waals surface area contributed by atoms with Crippen molar-refractivity contribution < 1.29 is 38.4 Å². The highest BCUT2D eigenvalue weighted by Gasteiger charge is 2.45. The van der Waals surface area contributed by atoms with Crippen molar-refractivity contribution in [3.05, 3.63) is 59.7 Å². The number of benzene rings is 2. The van der Waals surface area contributed by atoms with E-state index in [4.69, 9.17) is 13.7 Å². The molecule has 1 saturated heterocycles. The topological polar surface area (TPSA) is 149 Å². The second-order valence-electron chi connectivity index (χ2n) is 7.64. The fraction of sp³-hybridized carbons (Fsp3) is 0.409. The Bertz CT molecular complexity index is 1010. The Balaban J connectivity index is 1.64. The summed E-state index contributed by atoms with van der Waals surface area (Å²) in [5.74, 6) is 0.945. The summed E-state index contributed by atoms with van der Waals surface area (Å²) in [7, 11) is -3.72. The number of aliphatic hydroxyl groups excluding tert-OH is 3. The van der Waals surface area contributed by atoms with Gasteiger partial charge in [0.15, 0.2) is 0 Å². The molecule has 0 aromatic heterocycles. The van der Waals surface area contributed by atoms with Gasteiger partial charge < -0.3 is 33.9 Å². The maximum Gasteiger partial charge on any atom is 0.229 e. The zero-order valence-corrected chi connectivity index (χ0v) is 19.6. The van der Waals surface area contributed by atoms with E-state index >= 15 is 0 Å². The summed E-state index contributed by atoms with van der Waals surface area (Å²) in [4.78, 5) is 10.4. The molecule has 3 rings (SSSR count). The van der Waals surface area contributed by atoms with Gasteiger partial charge in [-0.2, -0.15) is 5.26 Å². The summed E-state index contributed by atoms with van der Waals surface area (Å²) < 4.78 is 29.3. The van der Waals surface area contributed by atoms with E-state index in [1.54, 1.807) is 54.8 Å². The predicted molar refractivity (Wildman–Crippen MR) is 122 cm³/mol. The van der Waals surface area contributed by atoms with Crippen LogP contribution in [0.2, 0.25) is 0 Å². The lowest BCUT2D eigenvalue weighted by molar-refractivity contribution is -0.272. The monoisotopic (exact) mass is 495 g/mol. The molecule has 0 radical (unpaired) electrons. The van der Waals surface area contributed by atoms with E-state index in [2.05, 4.69) is 0 Å². The number of rotatable bonds is 9. The molecule has 33 heavy (non-hydrogen) atoms. The average molecular weight is 495 g/mol. The Morgan fingerprint density at radius 3 is 2.39 bits per heavy atom. The van der Waals surface area contributed by atoms with Crippen LogP contribution in [0.5, 0.6) is 11.5 Å². The van der Waals surface area contributed by atoms with Crippen molar-refractivity contribution in [2.24, 2.45) is 0 Å². The first kappa shape index (κ1) is 25.5. The van der Waals surface area contributed by atoms with Gasteiger partial charge in [0.1, 0.15) is 29.8 Å². The molecule has 1 fully saturated rings. The van der Waals surface area contributed by atoms with Gasteiger partial charge in [0.25, 0.3) is 0 Å². The largest absolute Gasteiger partial charge is 0.462 e. The normalized spacial score (nSPS) is 26.7. The summed E-state index contributed by atoms with van der Waals surface area (Å²) in [5, 5.41) is 40.1. The first-order chi connectivity index (χ1) is 15.7. The first-order valence-corrected chi connectivity index (χ1v) is 13.4. The van der Waals surface area contributed by atoms with Crippen LogP contribution in [0.15, 0.2) is 48.5 Å². The molecule has 1 heterocycles. The van der Waals surface area contributed by atoms with E-state index in [1.165, 1.54) is 12.0 Å². The van der Waals surface area contributed by atoms with Crippen LogP contribution in [-0.4, -0.2) is 63.3 Å². The fourth-order valence-corrected chi connectivity index (χ4v) is 5.43. The maximum absolute atomic E-state index is 12.8. The van der Waals surface area contributed by atoms with Gasteiger partial charge in [-0.25, -0.2) is 0 Å². The Morgan fingerprint density at radius 2 is 1.73 bits per heavy atom. The molecule has 2 unspecified atom stereocenters. The molecule has 2 aromatic rings. The molecule has 4 N–H and O–H groups in total. The lowest BCUT2D eigenvalue weighted by atomic mass is 9.97. The lowest BCUT2D eigenvalue weighted by Crippen LogP contribution is -2.59. The number of aliphatic hydroxyl groups is 3. The van der Waals surface area contributed by atoms with Crippen molar-refractivity contribution in [3.63, 3.8) is 0 Å². The third-order valence-corrected chi connectivity index (χ3v) is 7.39. The highest BCUT2D eigenvalue weighted by molar-refractivity contribution is 7.94. The molecule has 178 valence electrons. The van der Waals surface area contributed by atoms with Gasteiger partial charge in [-0.15, -0.1) is 0 Å². The highest BCUT2D eigenvalue weighted by atomic mass is 32.2. The van der Waals surface area contributed by atoms with Gasteiger partial charge in [-0.3, -0.25) is 4.57 Å². The van der Waals surface area contributed by atoms with Crippen molar-refractivity contribution in [1.82, 2.24) is 0 Å². The van der Waals surface area contributed by atoms with Crippen molar-refractivity contribution >= 4 is 19.4 Å². The second kappa shape index (κ2) is 11.4. The number of nitrogens with zero attached hydrogens (tertiary/aromatic N) is 1. The smallest absolute Gasteiger partial charge is 0.229 e. The zero-order chi connectivity index (χ0) is 24.0. The van der Waals surface area contributed by atoms with E-state index < -0.39 is 38.1 Å². The van der Waals surface area contributed by atoms with Gasteiger partial charge >= 0.3 is 0 Å². The average Bonchev–Trinajstić information content (AvgIpc) is 2.80. The van der Waals surface area contributed by atoms with Crippen LogP contribution in [0.1, 0.15) is 17.5 Å². The predicted octanol–water partition coefficient (Wildman–Crippen LogP) is 2.26. The molecular formula is C22H26NO8PS. The van der Waals surface area contributed by atoms with Crippen molar-refractivity contribution in [1.29, 1.82) is 5.26 Å². The molecule has 6 atom stereocenters. The number of nitriles is 1. The number of ether oxygens (including phenoxy) is 2.